The number of rotatable bonds is 2. The summed E-state index contributed by atoms with van der Waals surface area (Å²) >= 11 is 3.41. The lowest BCUT2D eigenvalue weighted by Gasteiger charge is -2.18. The SMILES string of the molecule is CC1OCCC1Nc1cc(Br)ccc1C#N. The highest BCUT2D eigenvalue weighted by molar-refractivity contribution is 9.10. The highest BCUT2D eigenvalue weighted by Crippen LogP contribution is 2.24. The maximum absolute atomic E-state index is 9.01. The highest BCUT2D eigenvalue weighted by Gasteiger charge is 2.24. The van der Waals surface area contributed by atoms with Gasteiger partial charge in [-0.2, -0.15) is 5.26 Å². The zero-order valence-corrected chi connectivity index (χ0v) is 10.6. The molecule has 0 aromatic heterocycles. The molecule has 3 nitrogen and oxygen atoms in total. The molecule has 0 bridgehead atoms. The summed E-state index contributed by atoms with van der Waals surface area (Å²) in [5.74, 6) is 0. The normalized spacial score (nSPS) is 24.1. The predicted molar refractivity (Wildman–Crippen MR) is 66.3 cm³/mol. The summed E-state index contributed by atoms with van der Waals surface area (Å²) in [6.45, 7) is 2.84. The van der Waals surface area contributed by atoms with Gasteiger partial charge in [-0.15, -0.1) is 0 Å². The minimum Gasteiger partial charge on any atom is -0.379 e. The molecule has 84 valence electrons. The van der Waals surface area contributed by atoms with Gasteiger partial charge >= 0.3 is 0 Å². The molecule has 0 saturated carbocycles. The fourth-order valence-electron chi connectivity index (χ4n) is 1.85. The summed E-state index contributed by atoms with van der Waals surface area (Å²) in [6, 6.07) is 8.10. The monoisotopic (exact) mass is 280 g/mol. The van der Waals surface area contributed by atoms with Crippen molar-refractivity contribution in [2.24, 2.45) is 0 Å². The molecule has 1 N–H and O–H groups in total. The maximum atomic E-state index is 9.01. The molecule has 1 aliphatic heterocycles. The second kappa shape index (κ2) is 4.86. The third-order valence-corrected chi connectivity index (χ3v) is 3.31. The van der Waals surface area contributed by atoms with Crippen molar-refractivity contribution in [3.8, 4) is 6.07 Å². The molecule has 1 heterocycles. The molecule has 16 heavy (non-hydrogen) atoms. The van der Waals surface area contributed by atoms with Crippen LogP contribution in [0, 0.1) is 11.3 Å². The lowest BCUT2D eigenvalue weighted by atomic mass is 10.1. The van der Waals surface area contributed by atoms with Crippen molar-refractivity contribution < 1.29 is 4.74 Å². The number of nitriles is 1. The largest absolute Gasteiger partial charge is 0.379 e. The van der Waals surface area contributed by atoms with Gasteiger partial charge in [0.15, 0.2) is 0 Å². The molecule has 1 aliphatic rings. The number of anilines is 1. The van der Waals surface area contributed by atoms with Crippen molar-refractivity contribution in [1.29, 1.82) is 5.26 Å². The molecule has 1 aromatic carbocycles. The van der Waals surface area contributed by atoms with Gasteiger partial charge in [0.25, 0.3) is 0 Å². The van der Waals surface area contributed by atoms with E-state index < -0.39 is 0 Å². The van der Waals surface area contributed by atoms with E-state index in [0.717, 1.165) is 23.2 Å². The van der Waals surface area contributed by atoms with Gasteiger partial charge in [-0.05, 0) is 31.5 Å². The van der Waals surface area contributed by atoms with Crippen LogP contribution in [0.4, 0.5) is 5.69 Å². The molecule has 0 spiro atoms. The minimum atomic E-state index is 0.200. The van der Waals surface area contributed by atoms with Gasteiger partial charge in [0, 0.05) is 11.1 Å². The Balaban J connectivity index is 2.20. The fraction of sp³-hybridized carbons (Fsp3) is 0.417. The van der Waals surface area contributed by atoms with Crippen LogP contribution in [0.3, 0.4) is 0 Å². The van der Waals surface area contributed by atoms with Crippen molar-refractivity contribution in [2.45, 2.75) is 25.5 Å². The van der Waals surface area contributed by atoms with Crippen LogP contribution in [-0.2, 0) is 4.74 Å². The number of halogens is 1. The summed E-state index contributed by atoms with van der Waals surface area (Å²) in [4.78, 5) is 0. The Morgan fingerprint density at radius 3 is 3.00 bits per heavy atom. The lowest BCUT2D eigenvalue weighted by Crippen LogP contribution is -2.27. The second-order valence-electron chi connectivity index (χ2n) is 3.92. The van der Waals surface area contributed by atoms with Gasteiger partial charge in [-0.3, -0.25) is 0 Å². The van der Waals surface area contributed by atoms with Crippen molar-refractivity contribution in [1.82, 2.24) is 0 Å². The predicted octanol–water partition coefficient (Wildman–Crippen LogP) is 2.91. The zero-order chi connectivity index (χ0) is 11.5. The van der Waals surface area contributed by atoms with E-state index in [0.29, 0.717) is 11.6 Å². The van der Waals surface area contributed by atoms with Crippen molar-refractivity contribution in [3.63, 3.8) is 0 Å². The summed E-state index contributed by atoms with van der Waals surface area (Å²) in [7, 11) is 0. The average Bonchev–Trinajstić information content (AvgIpc) is 2.65. The molecule has 2 rings (SSSR count). The number of hydrogen-bond donors (Lipinski definition) is 1. The molecule has 4 heteroatoms. The van der Waals surface area contributed by atoms with Crippen LogP contribution in [0.25, 0.3) is 0 Å². The highest BCUT2D eigenvalue weighted by atomic mass is 79.9. The van der Waals surface area contributed by atoms with Gasteiger partial charge in [-0.1, -0.05) is 15.9 Å². The molecule has 1 fully saturated rings. The number of ether oxygens (including phenoxy) is 1. The summed E-state index contributed by atoms with van der Waals surface area (Å²) < 4.78 is 6.46. The van der Waals surface area contributed by atoms with Gasteiger partial charge in [-0.25, -0.2) is 0 Å². The maximum Gasteiger partial charge on any atom is 0.101 e. The molecule has 1 aromatic rings. The van der Waals surface area contributed by atoms with Gasteiger partial charge in [0.05, 0.1) is 23.4 Å². The van der Waals surface area contributed by atoms with Gasteiger partial charge in [0.2, 0.25) is 0 Å². The summed E-state index contributed by atoms with van der Waals surface area (Å²) in [5.41, 5.74) is 1.54. The Labute approximate surface area is 104 Å². The number of benzene rings is 1. The Kier molecular flexibility index (Phi) is 3.47. The van der Waals surface area contributed by atoms with Crippen molar-refractivity contribution >= 4 is 21.6 Å². The number of nitrogens with one attached hydrogen (secondary N) is 1. The smallest absolute Gasteiger partial charge is 0.101 e. The van der Waals surface area contributed by atoms with Crippen LogP contribution in [0.15, 0.2) is 22.7 Å². The molecular weight excluding hydrogens is 268 g/mol. The van der Waals surface area contributed by atoms with E-state index in [1.54, 1.807) is 0 Å². The minimum absolute atomic E-state index is 0.200. The van der Waals surface area contributed by atoms with Crippen molar-refractivity contribution in [3.05, 3.63) is 28.2 Å². The Morgan fingerprint density at radius 2 is 2.38 bits per heavy atom. The number of hydrogen-bond acceptors (Lipinski definition) is 3. The van der Waals surface area contributed by atoms with Crippen LogP contribution in [0.2, 0.25) is 0 Å². The molecule has 0 amide bonds. The van der Waals surface area contributed by atoms with E-state index in [4.69, 9.17) is 10.00 Å². The zero-order valence-electron chi connectivity index (χ0n) is 9.03. The summed E-state index contributed by atoms with van der Waals surface area (Å²) in [6.07, 6.45) is 1.18. The van der Waals surface area contributed by atoms with E-state index in [9.17, 15) is 0 Å². The van der Waals surface area contributed by atoms with E-state index >= 15 is 0 Å². The lowest BCUT2D eigenvalue weighted by molar-refractivity contribution is 0.121. The topological polar surface area (TPSA) is 45.0 Å². The van der Waals surface area contributed by atoms with Crippen LogP contribution < -0.4 is 5.32 Å². The third kappa shape index (κ3) is 2.37. The molecule has 0 radical (unpaired) electrons. The number of nitrogens with zero attached hydrogens (tertiary/aromatic N) is 1. The van der Waals surface area contributed by atoms with Crippen molar-refractivity contribution in [2.75, 3.05) is 11.9 Å². The first-order valence-corrected chi connectivity index (χ1v) is 6.08. The third-order valence-electron chi connectivity index (χ3n) is 2.82. The van der Waals surface area contributed by atoms with E-state index in [1.807, 2.05) is 18.2 Å². The van der Waals surface area contributed by atoms with Crippen LogP contribution in [0.1, 0.15) is 18.9 Å². The first kappa shape index (κ1) is 11.4. The van der Waals surface area contributed by atoms with Crippen LogP contribution >= 0.6 is 15.9 Å². The van der Waals surface area contributed by atoms with E-state index in [-0.39, 0.29) is 6.10 Å². The van der Waals surface area contributed by atoms with E-state index in [1.165, 1.54) is 0 Å². The van der Waals surface area contributed by atoms with Crippen LogP contribution in [-0.4, -0.2) is 18.8 Å². The Hall–Kier alpha value is -1.05. The Morgan fingerprint density at radius 1 is 1.56 bits per heavy atom. The average molecular weight is 281 g/mol. The quantitative estimate of drug-likeness (QED) is 0.906. The molecule has 2 atom stereocenters. The van der Waals surface area contributed by atoms with Crippen LogP contribution in [0.5, 0.6) is 0 Å². The van der Waals surface area contributed by atoms with Gasteiger partial charge in [0.1, 0.15) is 6.07 Å². The molecule has 0 aliphatic carbocycles. The summed E-state index contributed by atoms with van der Waals surface area (Å²) in [5, 5.41) is 12.4. The molecular formula is C12H13BrN2O. The van der Waals surface area contributed by atoms with E-state index in [2.05, 4.69) is 34.2 Å². The molecule has 1 saturated heterocycles. The fourth-order valence-corrected chi connectivity index (χ4v) is 2.22. The standard InChI is InChI=1S/C12H13BrN2O/c1-8-11(4-5-16-8)15-12-6-10(13)3-2-9(12)7-14/h2-3,6,8,11,15H,4-5H2,1H3. The second-order valence-corrected chi connectivity index (χ2v) is 4.83. The van der Waals surface area contributed by atoms with Gasteiger partial charge < -0.3 is 10.1 Å². The Bertz CT molecular complexity index is 428. The molecule has 2 unspecified atom stereocenters. The first-order chi connectivity index (χ1) is 7.70. The first-order valence-electron chi connectivity index (χ1n) is 5.28.